The van der Waals surface area contributed by atoms with Crippen molar-refractivity contribution in [3.63, 3.8) is 0 Å². The Bertz CT molecular complexity index is 736. The summed E-state index contributed by atoms with van der Waals surface area (Å²) < 4.78 is 6.87. The van der Waals surface area contributed by atoms with Crippen LogP contribution >= 0.6 is 15.9 Å². The summed E-state index contributed by atoms with van der Waals surface area (Å²) >= 11 is 3.49. The normalized spacial score (nSPS) is 11.1. The predicted molar refractivity (Wildman–Crippen MR) is 84.8 cm³/mol. The van der Waals surface area contributed by atoms with Crippen LogP contribution in [0.25, 0.3) is 22.1 Å². The minimum absolute atomic E-state index is 0.769. The predicted octanol–water partition coefficient (Wildman–Crippen LogP) is 4.02. The number of hydrogen-bond donors (Lipinski definition) is 1. The summed E-state index contributed by atoms with van der Waals surface area (Å²) in [6, 6.07) is 12.6. The molecule has 1 aromatic heterocycles. The second-order valence-corrected chi connectivity index (χ2v) is 5.59. The summed E-state index contributed by atoms with van der Waals surface area (Å²) in [4.78, 5) is 4.31. The monoisotopic (exact) mass is 330 g/mol. The fourth-order valence-corrected chi connectivity index (χ4v) is 2.54. The van der Waals surface area contributed by atoms with Crippen LogP contribution in [0.1, 0.15) is 5.89 Å². The SMILES string of the molecule is CNCCc1ncc(-c2ccc3cc(Br)ccc3c2)o1. The van der Waals surface area contributed by atoms with E-state index in [1.54, 1.807) is 6.20 Å². The van der Waals surface area contributed by atoms with Gasteiger partial charge in [-0.1, -0.05) is 34.1 Å². The molecule has 0 aliphatic heterocycles. The van der Waals surface area contributed by atoms with Crippen LogP contribution in [0.5, 0.6) is 0 Å². The maximum Gasteiger partial charge on any atom is 0.196 e. The smallest absolute Gasteiger partial charge is 0.196 e. The van der Waals surface area contributed by atoms with Gasteiger partial charge in [-0.15, -0.1) is 0 Å². The first-order valence-electron chi connectivity index (χ1n) is 6.55. The molecular weight excluding hydrogens is 316 g/mol. The zero-order valence-electron chi connectivity index (χ0n) is 11.2. The average molecular weight is 331 g/mol. The maximum atomic E-state index is 5.78. The van der Waals surface area contributed by atoms with Gasteiger partial charge in [0.25, 0.3) is 0 Å². The lowest BCUT2D eigenvalue weighted by molar-refractivity contribution is 0.501. The van der Waals surface area contributed by atoms with E-state index in [9.17, 15) is 0 Å². The van der Waals surface area contributed by atoms with E-state index in [0.29, 0.717) is 0 Å². The second kappa shape index (κ2) is 5.77. The topological polar surface area (TPSA) is 38.1 Å². The molecule has 2 aromatic carbocycles. The van der Waals surface area contributed by atoms with Crippen molar-refractivity contribution >= 4 is 26.7 Å². The van der Waals surface area contributed by atoms with Crippen LogP contribution < -0.4 is 5.32 Å². The van der Waals surface area contributed by atoms with Gasteiger partial charge in [0.15, 0.2) is 11.7 Å². The van der Waals surface area contributed by atoms with Crippen molar-refractivity contribution in [3.8, 4) is 11.3 Å². The van der Waals surface area contributed by atoms with Crippen molar-refractivity contribution in [2.75, 3.05) is 13.6 Å². The molecule has 102 valence electrons. The number of likely N-dealkylation sites (N-methyl/N-ethyl adjacent to an activating group) is 1. The van der Waals surface area contributed by atoms with Crippen molar-refractivity contribution in [3.05, 3.63) is 53.0 Å². The van der Waals surface area contributed by atoms with Crippen molar-refractivity contribution in [1.82, 2.24) is 10.3 Å². The molecule has 0 aliphatic carbocycles. The number of fused-ring (bicyclic) bond motifs is 1. The first-order valence-corrected chi connectivity index (χ1v) is 7.34. The minimum atomic E-state index is 0.769. The summed E-state index contributed by atoms with van der Waals surface area (Å²) in [5.74, 6) is 1.59. The molecule has 0 amide bonds. The highest BCUT2D eigenvalue weighted by atomic mass is 79.9. The van der Waals surface area contributed by atoms with Gasteiger partial charge in [0, 0.05) is 23.0 Å². The Balaban J connectivity index is 1.93. The summed E-state index contributed by atoms with van der Waals surface area (Å²) in [6.45, 7) is 0.867. The third-order valence-corrected chi connectivity index (χ3v) is 3.72. The number of oxazole rings is 1. The first kappa shape index (κ1) is 13.3. The van der Waals surface area contributed by atoms with E-state index in [0.717, 1.165) is 34.7 Å². The highest BCUT2D eigenvalue weighted by molar-refractivity contribution is 9.10. The molecule has 0 unspecified atom stereocenters. The van der Waals surface area contributed by atoms with E-state index in [-0.39, 0.29) is 0 Å². The number of nitrogens with zero attached hydrogens (tertiary/aromatic N) is 1. The molecule has 0 aliphatic rings. The molecule has 20 heavy (non-hydrogen) atoms. The van der Waals surface area contributed by atoms with Crippen LogP contribution in [0.3, 0.4) is 0 Å². The van der Waals surface area contributed by atoms with Crippen molar-refractivity contribution in [2.24, 2.45) is 0 Å². The third-order valence-electron chi connectivity index (χ3n) is 3.23. The molecule has 3 nitrogen and oxygen atoms in total. The fourth-order valence-electron chi connectivity index (χ4n) is 2.16. The average Bonchev–Trinajstić information content (AvgIpc) is 2.93. The molecular formula is C16H15BrN2O. The van der Waals surface area contributed by atoms with E-state index < -0.39 is 0 Å². The van der Waals surface area contributed by atoms with Gasteiger partial charge in [0.1, 0.15) is 0 Å². The van der Waals surface area contributed by atoms with Crippen molar-refractivity contribution in [2.45, 2.75) is 6.42 Å². The molecule has 4 heteroatoms. The number of rotatable bonds is 4. The number of hydrogen-bond acceptors (Lipinski definition) is 3. The Kier molecular flexibility index (Phi) is 3.85. The van der Waals surface area contributed by atoms with Crippen LogP contribution in [0.15, 0.2) is 51.5 Å². The van der Waals surface area contributed by atoms with Gasteiger partial charge in [-0.3, -0.25) is 0 Å². The van der Waals surface area contributed by atoms with E-state index in [4.69, 9.17) is 4.42 Å². The lowest BCUT2D eigenvalue weighted by atomic mass is 10.1. The first-order chi connectivity index (χ1) is 9.76. The van der Waals surface area contributed by atoms with E-state index in [2.05, 4.69) is 56.6 Å². The highest BCUT2D eigenvalue weighted by Crippen LogP contribution is 2.27. The Morgan fingerprint density at radius 2 is 1.95 bits per heavy atom. The molecule has 0 atom stereocenters. The number of aromatic nitrogens is 1. The Morgan fingerprint density at radius 3 is 2.80 bits per heavy atom. The highest BCUT2D eigenvalue weighted by Gasteiger charge is 2.07. The summed E-state index contributed by atoms with van der Waals surface area (Å²) in [6.07, 6.45) is 2.60. The molecule has 0 saturated carbocycles. The summed E-state index contributed by atoms with van der Waals surface area (Å²) in [5.41, 5.74) is 1.06. The number of halogens is 1. The maximum absolute atomic E-state index is 5.78. The molecule has 0 radical (unpaired) electrons. The van der Waals surface area contributed by atoms with Crippen LogP contribution in [0, 0.1) is 0 Å². The van der Waals surface area contributed by atoms with Gasteiger partial charge < -0.3 is 9.73 Å². The van der Waals surface area contributed by atoms with Gasteiger partial charge >= 0.3 is 0 Å². The van der Waals surface area contributed by atoms with Gasteiger partial charge in [-0.2, -0.15) is 0 Å². The van der Waals surface area contributed by atoms with Gasteiger partial charge in [0.2, 0.25) is 0 Å². The molecule has 1 N–H and O–H groups in total. The van der Waals surface area contributed by atoms with E-state index in [1.807, 2.05) is 13.1 Å². The molecule has 1 heterocycles. The summed E-state index contributed by atoms with van der Waals surface area (Å²) in [5, 5.41) is 5.49. The Labute approximate surface area is 126 Å². The van der Waals surface area contributed by atoms with E-state index in [1.165, 1.54) is 10.8 Å². The van der Waals surface area contributed by atoms with Gasteiger partial charge in [-0.25, -0.2) is 4.98 Å². The van der Waals surface area contributed by atoms with E-state index >= 15 is 0 Å². The van der Waals surface area contributed by atoms with Gasteiger partial charge in [0.05, 0.1) is 6.20 Å². The molecule has 0 saturated heterocycles. The molecule has 0 bridgehead atoms. The molecule has 0 spiro atoms. The zero-order valence-corrected chi connectivity index (χ0v) is 12.8. The lowest BCUT2D eigenvalue weighted by Crippen LogP contribution is -2.10. The van der Waals surface area contributed by atoms with Crippen LogP contribution in [0.2, 0.25) is 0 Å². The largest absolute Gasteiger partial charge is 0.441 e. The lowest BCUT2D eigenvalue weighted by Gasteiger charge is -2.01. The molecule has 3 rings (SSSR count). The summed E-state index contributed by atoms with van der Waals surface area (Å²) in [7, 11) is 1.92. The number of benzene rings is 2. The molecule has 3 aromatic rings. The van der Waals surface area contributed by atoms with Crippen LogP contribution in [0.4, 0.5) is 0 Å². The van der Waals surface area contributed by atoms with Gasteiger partial charge in [-0.05, 0) is 36.0 Å². The quantitative estimate of drug-likeness (QED) is 0.785. The number of nitrogens with one attached hydrogen (secondary N) is 1. The van der Waals surface area contributed by atoms with Crippen LogP contribution in [-0.2, 0) is 6.42 Å². The fraction of sp³-hybridized carbons (Fsp3) is 0.188. The standard InChI is InChI=1S/C16H15BrN2O/c1-18-7-6-16-19-10-15(20-16)13-3-2-12-9-14(17)5-4-11(12)8-13/h2-5,8-10,18H,6-7H2,1H3. The second-order valence-electron chi connectivity index (χ2n) is 4.68. The third kappa shape index (κ3) is 2.76. The molecule has 0 fully saturated rings. The zero-order chi connectivity index (χ0) is 13.9. The minimum Gasteiger partial charge on any atom is -0.441 e. The van der Waals surface area contributed by atoms with Crippen LogP contribution in [-0.4, -0.2) is 18.6 Å². The van der Waals surface area contributed by atoms with Crippen molar-refractivity contribution < 1.29 is 4.42 Å². The van der Waals surface area contributed by atoms with Crippen molar-refractivity contribution in [1.29, 1.82) is 0 Å². The Hall–Kier alpha value is -1.65. The Morgan fingerprint density at radius 1 is 1.15 bits per heavy atom.